The summed E-state index contributed by atoms with van der Waals surface area (Å²) in [6.45, 7) is 1.47. The molecule has 0 unspecified atom stereocenters. The molecule has 0 bridgehead atoms. The Kier molecular flexibility index (Phi) is 3.87. The zero-order valence-electron chi connectivity index (χ0n) is 11.2. The molecule has 1 amide bonds. The number of rotatable bonds is 2. The first-order valence-corrected chi connectivity index (χ1v) is 7.44. The largest absolute Gasteiger partial charge is 0.446 e. The van der Waals surface area contributed by atoms with Gasteiger partial charge in [-0.25, -0.2) is 0 Å². The van der Waals surface area contributed by atoms with E-state index in [9.17, 15) is 4.79 Å². The van der Waals surface area contributed by atoms with Crippen molar-refractivity contribution in [2.75, 3.05) is 0 Å². The smallest absolute Gasteiger partial charge is 0.243 e. The number of ether oxygens (including phenoxy) is 1. The molecule has 0 N–H and O–H groups in total. The highest BCUT2D eigenvalue weighted by molar-refractivity contribution is 14.1. The average molecular weight is 393 g/mol. The summed E-state index contributed by atoms with van der Waals surface area (Å²) in [7, 11) is 0. The zero-order chi connectivity index (χ0) is 14.8. The van der Waals surface area contributed by atoms with Gasteiger partial charge in [0.25, 0.3) is 0 Å². The molecule has 21 heavy (non-hydrogen) atoms. The minimum absolute atomic E-state index is 0.169. The van der Waals surface area contributed by atoms with Crippen molar-refractivity contribution in [1.82, 2.24) is 9.99 Å². The van der Waals surface area contributed by atoms with Gasteiger partial charge in [0.15, 0.2) is 0 Å². The van der Waals surface area contributed by atoms with Gasteiger partial charge in [0.2, 0.25) is 18.0 Å². The molecule has 0 spiro atoms. The third kappa shape index (κ3) is 2.90. The fraction of sp³-hybridized carbons (Fsp3) is 0.133. The summed E-state index contributed by atoms with van der Waals surface area (Å²) in [5.74, 6) is 0.281. The molecule has 2 heterocycles. The molecule has 0 radical (unpaired) electrons. The molecule has 106 valence electrons. The Bertz CT molecular complexity index is 703. The predicted molar refractivity (Wildman–Crippen MR) is 86.3 cm³/mol. The molecule has 1 aliphatic heterocycles. The number of nitrogens with zero attached hydrogens (tertiary/aromatic N) is 3. The molecule has 1 atom stereocenters. The summed E-state index contributed by atoms with van der Waals surface area (Å²) in [5.41, 5.74) is 1.69. The molecule has 0 fully saturated rings. The van der Waals surface area contributed by atoms with Crippen molar-refractivity contribution in [2.45, 2.75) is 13.2 Å². The van der Waals surface area contributed by atoms with Crippen LogP contribution in [0.3, 0.4) is 0 Å². The van der Waals surface area contributed by atoms with E-state index in [1.165, 1.54) is 11.9 Å². The van der Waals surface area contributed by atoms with Crippen LogP contribution in [-0.4, -0.2) is 21.8 Å². The number of aromatic nitrogens is 1. The van der Waals surface area contributed by atoms with Gasteiger partial charge < -0.3 is 4.74 Å². The third-order valence-electron chi connectivity index (χ3n) is 3.03. The Morgan fingerprint density at radius 3 is 2.71 bits per heavy atom. The van der Waals surface area contributed by atoms with Crippen molar-refractivity contribution in [3.05, 3.63) is 63.5 Å². The fourth-order valence-corrected chi connectivity index (χ4v) is 2.59. The van der Waals surface area contributed by atoms with Crippen LogP contribution in [0.5, 0.6) is 0 Å². The van der Waals surface area contributed by atoms with Crippen LogP contribution in [0.1, 0.15) is 24.3 Å². The van der Waals surface area contributed by atoms with Gasteiger partial charge in [-0.1, -0.05) is 6.07 Å². The Hall–Kier alpha value is -1.96. The lowest BCUT2D eigenvalue weighted by Crippen LogP contribution is -2.25. The summed E-state index contributed by atoms with van der Waals surface area (Å²) < 4.78 is 6.97. The van der Waals surface area contributed by atoms with Crippen LogP contribution >= 0.6 is 22.6 Å². The topological polar surface area (TPSA) is 54.8 Å². The Balaban J connectivity index is 1.95. The van der Waals surface area contributed by atoms with Crippen molar-refractivity contribution in [2.24, 2.45) is 5.10 Å². The number of hydrogen-bond donors (Lipinski definition) is 0. The molecule has 6 heteroatoms. The quantitative estimate of drug-likeness (QED) is 0.738. The number of amides is 1. The highest BCUT2D eigenvalue weighted by Gasteiger charge is 2.32. The third-order valence-corrected chi connectivity index (χ3v) is 3.70. The number of halogens is 1. The minimum atomic E-state index is -0.543. The molecule has 1 aromatic carbocycles. The maximum absolute atomic E-state index is 11.8. The van der Waals surface area contributed by atoms with E-state index in [4.69, 9.17) is 4.74 Å². The number of carbonyl (C=O) groups excluding carboxylic acids is 1. The fourth-order valence-electron chi connectivity index (χ4n) is 2.05. The van der Waals surface area contributed by atoms with Crippen molar-refractivity contribution >= 4 is 34.4 Å². The van der Waals surface area contributed by atoms with Crippen LogP contribution in [0.2, 0.25) is 0 Å². The summed E-state index contributed by atoms with van der Waals surface area (Å²) in [6.07, 6.45) is 2.79. The Morgan fingerprint density at radius 2 is 2.05 bits per heavy atom. The van der Waals surface area contributed by atoms with Crippen molar-refractivity contribution < 1.29 is 9.53 Å². The van der Waals surface area contributed by atoms with Gasteiger partial charge in [-0.05, 0) is 52.9 Å². The molecule has 5 nitrogen and oxygen atoms in total. The number of carbonyl (C=O) groups is 1. The van der Waals surface area contributed by atoms with E-state index >= 15 is 0 Å². The van der Waals surface area contributed by atoms with Crippen LogP contribution in [0, 0.1) is 3.57 Å². The first-order valence-electron chi connectivity index (χ1n) is 6.36. The van der Waals surface area contributed by atoms with Crippen LogP contribution in [-0.2, 0) is 9.53 Å². The van der Waals surface area contributed by atoms with Crippen molar-refractivity contribution in [3.63, 3.8) is 0 Å². The normalized spacial score (nSPS) is 17.3. The summed E-state index contributed by atoms with van der Waals surface area (Å²) in [4.78, 5) is 15.8. The van der Waals surface area contributed by atoms with Crippen LogP contribution < -0.4 is 0 Å². The maximum atomic E-state index is 11.8. The minimum Gasteiger partial charge on any atom is -0.446 e. The van der Waals surface area contributed by atoms with E-state index in [0.29, 0.717) is 5.90 Å². The number of pyridine rings is 1. The van der Waals surface area contributed by atoms with E-state index in [2.05, 4.69) is 32.7 Å². The molecule has 0 aliphatic carbocycles. The summed E-state index contributed by atoms with van der Waals surface area (Å²) in [6, 6.07) is 11.4. The molecule has 1 aromatic heterocycles. The zero-order valence-corrected chi connectivity index (χ0v) is 13.4. The van der Waals surface area contributed by atoms with Gasteiger partial charge >= 0.3 is 0 Å². The van der Waals surface area contributed by atoms with Crippen LogP contribution in [0.4, 0.5) is 0 Å². The molecule has 0 saturated heterocycles. The van der Waals surface area contributed by atoms with Gasteiger partial charge in [-0.2, -0.15) is 5.01 Å². The van der Waals surface area contributed by atoms with Gasteiger partial charge in [-0.3, -0.25) is 9.78 Å². The lowest BCUT2D eigenvalue weighted by Gasteiger charge is -2.18. The molecule has 1 aliphatic rings. The second kappa shape index (κ2) is 5.80. The molecule has 2 aromatic rings. The first-order chi connectivity index (χ1) is 10.1. The van der Waals surface area contributed by atoms with Gasteiger partial charge in [0.1, 0.15) is 0 Å². The SMILES string of the molecule is CC(=O)N1N=C(c2cccc(I)c2)O[C@H]1c1ccncc1. The monoisotopic (exact) mass is 393 g/mol. The maximum Gasteiger partial charge on any atom is 0.243 e. The number of benzene rings is 1. The first kappa shape index (κ1) is 14.0. The van der Waals surface area contributed by atoms with Crippen LogP contribution in [0.25, 0.3) is 0 Å². The van der Waals surface area contributed by atoms with Gasteiger partial charge in [-0.15, -0.1) is 5.10 Å². The predicted octanol–water partition coefficient (Wildman–Crippen LogP) is 2.93. The van der Waals surface area contributed by atoms with Gasteiger partial charge in [0.05, 0.1) is 0 Å². The van der Waals surface area contributed by atoms with Gasteiger partial charge in [0, 0.05) is 34.0 Å². The molecule has 0 saturated carbocycles. The second-order valence-electron chi connectivity index (χ2n) is 4.53. The summed E-state index contributed by atoms with van der Waals surface area (Å²) in [5, 5.41) is 5.66. The van der Waals surface area contributed by atoms with E-state index in [1.54, 1.807) is 12.4 Å². The van der Waals surface area contributed by atoms with E-state index in [-0.39, 0.29) is 5.91 Å². The Morgan fingerprint density at radius 1 is 1.29 bits per heavy atom. The standard InChI is InChI=1S/C15H12IN3O2/c1-10(20)19-15(11-5-7-17-8-6-11)21-14(18-19)12-3-2-4-13(16)9-12/h2-9,15H,1H3/t15-/m0/s1. The van der Waals surface area contributed by atoms with E-state index < -0.39 is 6.23 Å². The molecular weight excluding hydrogens is 381 g/mol. The van der Waals surface area contributed by atoms with Crippen molar-refractivity contribution in [1.29, 1.82) is 0 Å². The van der Waals surface area contributed by atoms with E-state index in [1.807, 2.05) is 36.4 Å². The summed E-state index contributed by atoms with van der Waals surface area (Å²) >= 11 is 2.23. The van der Waals surface area contributed by atoms with E-state index in [0.717, 1.165) is 14.7 Å². The second-order valence-corrected chi connectivity index (χ2v) is 5.78. The Labute approximate surface area is 135 Å². The van der Waals surface area contributed by atoms with Crippen LogP contribution in [0.15, 0.2) is 53.9 Å². The van der Waals surface area contributed by atoms with Crippen molar-refractivity contribution in [3.8, 4) is 0 Å². The molecular formula is C15H12IN3O2. The lowest BCUT2D eigenvalue weighted by molar-refractivity contribution is -0.135. The number of hydrogen-bond acceptors (Lipinski definition) is 4. The highest BCUT2D eigenvalue weighted by atomic mass is 127. The number of hydrazone groups is 1. The average Bonchev–Trinajstić information content (AvgIpc) is 2.93. The highest BCUT2D eigenvalue weighted by Crippen LogP contribution is 2.30. The molecule has 3 rings (SSSR count). The lowest BCUT2D eigenvalue weighted by atomic mass is 10.2.